The number of esters is 1. The Morgan fingerprint density at radius 2 is 1.68 bits per heavy atom. The van der Waals surface area contributed by atoms with Gasteiger partial charge >= 0.3 is 5.97 Å². The standard InChI is InChI=1S/C23H29NO4/c1-18(25)27-17-16-24-14-12-22(13-15-24)28-23(19-6-4-3-5-7-19)20-8-10-21(26-2)11-9-20/h3-11,22-23H,12-17H2,1-2H3. The van der Waals surface area contributed by atoms with E-state index in [0.29, 0.717) is 6.61 Å². The van der Waals surface area contributed by atoms with E-state index in [4.69, 9.17) is 14.2 Å². The first-order valence-corrected chi connectivity index (χ1v) is 9.86. The molecule has 0 bridgehead atoms. The van der Waals surface area contributed by atoms with Gasteiger partial charge in [-0.2, -0.15) is 0 Å². The van der Waals surface area contributed by atoms with Gasteiger partial charge < -0.3 is 14.2 Å². The largest absolute Gasteiger partial charge is 0.497 e. The first-order chi connectivity index (χ1) is 13.7. The highest BCUT2D eigenvalue weighted by Gasteiger charge is 2.24. The van der Waals surface area contributed by atoms with Gasteiger partial charge in [-0.05, 0) is 36.1 Å². The van der Waals surface area contributed by atoms with E-state index in [0.717, 1.165) is 49.4 Å². The zero-order chi connectivity index (χ0) is 19.8. The lowest BCUT2D eigenvalue weighted by Gasteiger charge is -2.34. The molecule has 1 aliphatic rings. The van der Waals surface area contributed by atoms with Crippen molar-refractivity contribution >= 4 is 5.97 Å². The predicted molar refractivity (Wildman–Crippen MR) is 108 cm³/mol. The highest BCUT2D eigenvalue weighted by Crippen LogP contribution is 2.31. The molecule has 28 heavy (non-hydrogen) atoms. The molecule has 1 aliphatic heterocycles. The Hall–Kier alpha value is -2.37. The molecule has 0 saturated carbocycles. The van der Waals surface area contributed by atoms with Gasteiger partial charge in [0.05, 0.1) is 13.2 Å². The first-order valence-electron chi connectivity index (χ1n) is 9.86. The molecule has 1 heterocycles. The van der Waals surface area contributed by atoms with Crippen molar-refractivity contribution in [3.8, 4) is 5.75 Å². The molecule has 1 unspecified atom stereocenters. The van der Waals surface area contributed by atoms with Crippen molar-refractivity contribution in [3.05, 3.63) is 65.7 Å². The highest BCUT2D eigenvalue weighted by atomic mass is 16.5. The maximum Gasteiger partial charge on any atom is 0.302 e. The molecule has 3 rings (SSSR count). The van der Waals surface area contributed by atoms with Crippen LogP contribution in [0.3, 0.4) is 0 Å². The van der Waals surface area contributed by atoms with E-state index in [9.17, 15) is 4.79 Å². The number of hydrogen-bond acceptors (Lipinski definition) is 5. The third-order valence-corrected chi connectivity index (χ3v) is 5.10. The molecule has 0 spiro atoms. The number of likely N-dealkylation sites (tertiary alicyclic amines) is 1. The fourth-order valence-corrected chi connectivity index (χ4v) is 3.54. The summed E-state index contributed by atoms with van der Waals surface area (Å²) in [5, 5.41) is 0. The smallest absolute Gasteiger partial charge is 0.302 e. The number of methoxy groups -OCH3 is 1. The Kier molecular flexibility index (Phi) is 7.46. The van der Waals surface area contributed by atoms with Gasteiger partial charge in [-0.15, -0.1) is 0 Å². The molecular weight excluding hydrogens is 354 g/mol. The van der Waals surface area contributed by atoms with Gasteiger partial charge in [0.25, 0.3) is 0 Å². The normalized spacial score (nSPS) is 16.5. The summed E-state index contributed by atoms with van der Waals surface area (Å²) in [4.78, 5) is 13.2. The molecule has 5 nitrogen and oxygen atoms in total. The number of benzene rings is 2. The van der Waals surface area contributed by atoms with Gasteiger partial charge in [0.2, 0.25) is 0 Å². The maximum atomic E-state index is 10.9. The number of carbonyl (C=O) groups is 1. The van der Waals surface area contributed by atoms with Crippen LogP contribution in [-0.4, -0.2) is 50.3 Å². The van der Waals surface area contributed by atoms with E-state index in [-0.39, 0.29) is 18.2 Å². The third-order valence-electron chi connectivity index (χ3n) is 5.10. The van der Waals surface area contributed by atoms with Gasteiger partial charge in [0.1, 0.15) is 18.5 Å². The number of hydrogen-bond donors (Lipinski definition) is 0. The lowest BCUT2D eigenvalue weighted by Crippen LogP contribution is -2.39. The van der Waals surface area contributed by atoms with E-state index in [1.807, 2.05) is 30.3 Å². The molecule has 1 atom stereocenters. The molecule has 150 valence electrons. The Bertz CT molecular complexity index is 724. The van der Waals surface area contributed by atoms with E-state index in [1.165, 1.54) is 6.92 Å². The number of rotatable bonds is 8. The van der Waals surface area contributed by atoms with E-state index >= 15 is 0 Å². The Morgan fingerprint density at radius 3 is 2.29 bits per heavy atom. The van der Waals surface area contributed by atoms with Crippen molar-refractivity contribution < 1.29 is 19.0 Å². The second kappa shape index (κ2) is 10.2. The van der Waals surface area contributed by atoms with Crippen LogP contribution in [0.1, 0.15) is 37.0 Å². The summed E-state index contributed by atoms with van der Waals surface area (Å²) < 4.78 is 16.9. The van der Waals surface area contributed by atoms with E-state index < -0.39 is 0 Å². The van der Waals surface area contributed by atoms with Crippen LogP contribution >= 0.6 is 0 Å². The predicted octanol–water partition coefficient (Wildman–Crippen LogP) is 3.83. The van der Waals surface area contributed by atoms with Crippen LogP contribution in [0.15, 0.2) is 54.6 Å². The molecule has 0 radical (unpaired) electrons. The van der Waals surface area contributed by atoms with Crippen LogP contribution in [0.25, 0.3) is 0 Å². The summed E-state index contributed by atoms with van der Waals surface area (Å²) in [6.45, 7) is 4.60. The van der Waals surface area contributed by atoms with Crippen LogP contribution in [0, 0.1) is 0 Å². The summed E-state index contributed by atoms with van der Waals surface area (Å²) in [5.74, 6) is 0.625. The molecule has 1 fully saturated rings. The van der Waals surface area contributed by atoms with Crippen molar-refractivity contribution in [2.75, 3.05) is 33.4 Å². The summed E-state index contributed by atoms with van der Waals surface area (Å²) in [7, 11) is 1.68. The fraction of sp³-hybridized carbons (Fsp3) is 0.435. The number of carbonyl (C=O) groups excluding carboxylic acids is 1. The van der Waals surface area contributed by atoms with Crippen molar-refractivity contribution in [1.29, 1.82) is 0 Å². The van der Waals surface area contributed by atoms with Crippen molar-refractivity contribution in [1.82, 2.24) is 4.90 Å². The number of piperidine rings is 1. The quantitative estimate of drug-likeness (QED) is 0.649. The molecule has 0 amide bonds. The monoisotopic (exact) mass is 383 g/mol. The highest BCUT2D eigenvalue weighted by molar-refractivity contribution is 5.65. The molecule has 1 saturated heterocycles. The zero-order valence-corrected chi connectivity index (χ0v) is 16.7. The second-order valence-electron chi connectivity index (χ2n) is 7.08. The zero-order valence-electron chi connectivity index (χ0n) is 16.7. The lowest BCUT2D eigenvalue weighted by atomic mass is 10.00. The fourth-order valence-electron chi connectivity index (χ4n) is 3.54. The number of nitrogens with zero attached hydrogens (tertiary/aromatic N) is 1. The van der Waals surface area contributed by atoms with Crippen molar-refractivity contribution in [2.24, 2.45) is 0 Å². The van der Waals surface area contributed by atoms with Gasteiger partial charge in [-0.25, -0.2) is 0 Å². The van der Waals surface area contributed by atoms with Gasteiger partial charge in [0.15, 0.2) is 0 Å². The second-order valence-corrected chi connectivity index (χ2v) is 7.08. The summed E-state index contributed by atoms with van der Waals surface area (Å²) >= 11 is 0. The summed E-state index contributed by atoms with van der Waals surface area (Å²) in [5.41, 5.74) is 2.29. The number of ether oxygens (including phenoxy) is 3. The molecule has 5 heteroatoms. The minimum absolute atomic E-state index is 0.0929. The van der Waals surface area contributed by atoms with E-state index in [2.05, 4.69) is 29.2 Å². The van der Waals surface area contributed by atoms with Crippen LogP contribution in [0.5, 0.6) is 5.75 Å². The Labute approximate surface area is 167 Å². The van der Waals surface area contributed by atoms with Gasteiger partial charge in [-0.1, -0.05) is 42.5 Å². The Balaban J connectivity index is 1.62. The molecule has 2 aromatic rings. The molecule has 0 aliphatic carbocycles. The van der Waals surface area contributed by atoms with Crippen molar-refractivity contribution in [3.63, 3.8) is 0 Å². The van der Waals surface area contributed by atoms with Crippen LogP contribution in [0.4, 0.5) is 0 Å². The Morgan fingerprint density at radius 1 is 1.04 bits per heavy atom. The maximum absolute atomic E-state index is 10.9. The summed E-state index contributed by atoms with van der Waals surface area (Å²) in [6, 6.07) is 18.5. The SMILES string of the molecule is COc1ccc(C(OC2CCN(CCOC(C)=O)CC2)c2ccccc2)cc1. The van der Waals surface area contributed by atoms with E-state index in [1.54, 1.807) is 7.11 Å². The average molecular weight is 383 g/mol. The molecule has 2 aromatic carbocycles. The molecular formula is C23H29NO4. The molecule has 0 N–H and O–H groups in total. The van der Waals surface area contributed by atoms with Crippen LogP contribution in [-0.2, 0) is 14.3 Å². The lowest BCUT2D eigenvalue weighted by molar-refractivity contribution is -0.141. The topological polar surface area (TPSA) is 48.0 Å². The summed E-state index contributed by atoms with van der Waals surface area (Å²) in [6.07, 6.45) is 2.06. The first kappa shape index (κ1) is 20.4. The average Bonchev–Trinajstić information content (AvgIpc) is 2.73. The van der Waals surface area contributed by atoms with Gasteiger partial charge in [-0.3, -0.25) is 9.69 Å². The third kappa shape index (κ3) is 5.81. The van der Waals surface area contributed by atoms with Crippen molar-refractivity contribution in [2.45, 2.75) is 32.0 Å². The van der Waals surface area contributed by atoms with Crippen LogP contribution < -0.4 is 4.74 Å². The minimum atomic E-state index is -0.219. The van der Waals surface area contributed by atoms with Gasteiger partial charge in [0, 0.05) is 26.6 Å². The van der Waals surface area contributed by atoms with Crippen LogP contribution in [0.2, 0.25) is 0 Å². The minimum Gasteiger partial charge on any atom is -0.497 e. The molecule has 0 aromatic heterocycles.